The fraction of sp³-hybridized carbons (Fsp3) is 0.321. The van der Waals surface area contributed by atoms with Crippen LogP contribution in [0.25, 0.3) is 11.0 Å². The van der Waals surface area contributed by atoms with Crippen LogP contribution < -0.4 is 0 Å². The van der Waals surface area contributed by atoms with E-state index in [-0.39, 0.29) is 11.8 Å². The van der Waals surface area contributed by atoms with Gasteiger partial charge in [0, 0.05) is 27.8 Å². The van der Waals surface area contributed by atoms with Crippen molar-refractivity contribution in [1.82, 2.24) is 14.6 Å². The molecule has 0 spiro atoms. The van der Waals surface area contributed by atoms with Crippen molar-refractivity contribution in [3.8, 4) is 0 Å². The number of hydrogen-bond acceptors (Lipinski definition) is 5. The highest BCUT2D eigenvalue weighted by Gasteiger charge is 2.60. The summed E-state index contributed by atoms with van der Waals surface area (Å²) in [5.41, 5.74) is 3.63. The number of aromatic nitrogens is 2. The standard InChI is InChI=1S/C28H28ClN3O4S/c1-16(2)31-23-14-20(29)11-12-22(23)30-27(31)37(35)15-19-10-9-17(3)24(18(19)4)28-13-7-6-8-21(28)25(33)32(36-5)26(28)34/h6-14,16,21H,15H2,1-5H3. The first-order valence-electron chi connectivity index (χ1n) is 12.1. The van der Waals surface area contributed by atoms with Gasteiger partial charge < -0.3 is 4.55 Å². The molecule has 1 fully saturated rings. The Morgan fingerprint density at radius 2 is 1.95 bits per heavy atom. The maximum absolute atomic E-state index is 13.8. The molecule has 0 saturated carbocycles. The Morgan fingerprint density at radius 3 is 2.65 bits per heavy atom. The number of allylic oxidation sites excluding steroid dienone is 2. The smallest absolute Gasteiger partial charge is 0.324 e. The van der Waals surface area contributed by atoms with E-state index in [1.54, 1.807) is 30.4 Å². The van der Waals surface area contributed by atoms with Crippen molar-refractivity contribution >= 4 is 45.6 Å². The lowest BCUT2D eigenvalue weighted by Crippen LogP contribution is -2.40. The van der Waals surface area contributed by atoms with Crippen molar-refractivity contribution in [3.05, 3.63) is 81.9 Å². The summed E-state index contributed by atoms with van der Waals surface area (Å²) < 4.78 is 15.7. The Balaban J connectivity index is 1.60. The second-order valence-corrected chi connectivity index (χ2v) is 11.5. The maximum Gasteiger partial charge on any atom is 0.324 e. The van der Waals surface area contributed by atoms with E-state index in [0.29, 0.717) is 10.2 Å². The summed E-state index contributed by atoms with van der Waals surface area (Å²) >= 11 is 4.76. The van der Waals surface area contributed by atoms with E-state index in [1.807, 2.05) is 56.5 Å². The summed E-state index contributed by atoms with van der Waals surface area (Å²) in [5.74, 6) is -1.32. The summed E-state index contributed by atoms with van der Waals surface area (Å²) in [5, 5.41) is 1.92. The minimum atomic E-state index is -1.48. The predicted octanol–water partition coefficient (Wildman–Crippen LogP) is 5.11. The highest BCUT2D eigenvalue weighted by atomic mass is 35.5. The highest BCUT2D eigenvalue weighted by Crippen LogP contribution is 2.48. The third kappa shape index (κ3) is 3.85. The van der Waals surface area contributed by atoms with E-state index in [2.05, 4.69) is 4.98 Å². The molecule has 7 nitrogen and oxygen atoms in total. The van der Waals surface area contributed by atoms with E-state index in [0.717, 1.165) is 38.4 Å². The number of fused-ring (bicyclic) bond motifs is 2. The van der Waals surface area contributed by atoms with Crippen molar-refractivity contribution in [2.45, 2.75) is 50.1 Å². The molecule has 2 amide bonds. The minimum Gasteiger partial charge on any atom is -0.609 e. The van der Waals surface area contributed by atoms with Crippen LogP contribution in [0.1, 0.15) is 42.1 Å². The monoisotopic (exact) mass is 537 g/mol. The molecular weight excluding hydrogens is 510 g/mol. The number of carbonyl (C=O) groups excluding carboxylic acids is 2. The molecule has 2 heterocycles. The molecule has 1 aliphatic heterocycles. The molecule has 3 unspecified atom stereocenters. The van der Waals surface area contributed by atoms with E-state index in [4.69, 9.17) is 16.4 Å². The summed E-state index contributed by atoms with van der Waals surface area (Å²) in [7, 11) is 1.32. The van der Waals surface area contributed by atoms with Crippen molar-refractivity contribution in [2.24, 2.45) is 5.92 Å². The van der Waals surface area contributed by atoms with E-state index in [1.165, 1.54) is 7.11 Å². The Kier molecular flexibility index (Phi) is 6.56. The molecule has 1 aromatic heterocycles. The zero-order valence-corrected chi connectivity index (χ0v) is 22.9. The summed E-state index contributed by atoms with van der Waals surface area (Å²) in [6, 6.07) is 9.33. The lowest BCUT2D eigenvalue weighted by Gasteiger charge is -2.32. The molecule has 192 valence electrons. The normalized spacial score (nSPS) is 21.9. The number of rotatable bonds is 6. The molecule has 2 aromatic carbocycles. The van der Waals surface area contributed by atoms with Gasteiger partial charge in [0.05, 0.1) is 24.1 Å². The van der Waals surface area contributed by atoms with Crippen LogP contribution in [0, 0.1) is 19.8 Å². The van der Waals surface area contributed by atoms with E-state index >= 15 is 0 Å². The molecule has 5 rings (SSSR count). The van der Waals surface area contributed by atoms with Crippen molar-refractivity contribution in [1.29, 1.82) is 0 Å². The Bertz CT molecular complexity index is 1490. The quantitative estimate of drug-likeness (QED) is 0.322. The van der Waals surface area contributed by atoms with Gasteiger partial charge in [0.25, 0.3) is 11.8 Å². The van der Waals surface area contributed by atoms with Crippen LogP contribution in [-0.4, -0.2) is 38.1 Å². The largest absolute Gasteiger partial charge is 0.609 e. The maximum atomic E-state index is 13.8. The molecule has 2 aliphatic rings. The van der Waals surface area contributed by atoms with E-state index in [9.17, 15) is 14.1 Å². The summed E-state index contributed by atoms with van der Waals surface area (Å²) in [6.07, 6.45) is 7.11. The topological polar surface area (TPSA) is 87.5 Å². The van der Waals surface area contributed by atoms with Crippen LogP contribution in [0.2, 0.25) is 5.02 Å². The molecule has 0 N–H and O–H groups in total. The molecule has 3 atom stereocenters. The lowest BCUT2D eigenvalue weighted by molar-refractivity contribution is -0.181. The van der Waals surface area contributed by atoms with Crippen LogP contribution in [0.4, 0.5) is 0 Å². The predicted molar refractivity (Wildman–Crippen MR) is 143 cm³/mol. The average molecular weight is 538 g/mol. The van der Waals surface area contributed by atoms with Gasteiger partial charge >= 0.3 is 5.16 Å². The van der Waals surface area contributed by atoms with Gasteiger partial charge in [-0.15, -0.1) is 0 Å². The van der Waals surface area contributed by atoms with Gasteiger partial charge in [0.2, 0.25) is 0 Å². The number of halogens is 1. The van der Waals surface area contributed by atoms with Gasteiger partial charge in [-0.05, 0) is 62.6 Å². The number of aryl methyl sites for hydroxylation is 1. The summed E-state index contributed by atoms with van der Waals surface area (Å²) in [4.78, 5) is 36.6. The molecule has 0 radical (unpaired) electrons. The van der Waals surface area contributed by atoms with Crippen LogP contribution in [0.3, 0.4) is 0 Å². The summed E-state index contributed by atoms with van der Waals surface area (Å²) in [6.45, 7) is 7.89. The number of imidazole rings is 1. The number of benzene rings is 2. The SMILES string of the molecule is CON1C(=O)C2C=CC=CC2(c2c(C)ccc(C[S+]([O-])c3nc4ccc(Cl)cc4n3C(C)C)c2C)C1=O. The molecule has 37 heavy (non-hydrogen) atoms. The number of hydrogen-bond donors (Lipinski definition) is 0. The van der Waals surface area contributed by atoms with Crippen LogP contribution >= 0.6 is 11.6 Å². The molecule has 0 bridgehead atoms. The molecule has 9 heteroatoms. The molecule has 3 aromatic rings. The third-order valence-corrected chi connectivity index (χ3v) is 8.78. The number of amides is 2. The Hall–Kier alpha value is -2.91. The van der Waals surface area contributed by atoms with Crippen molar-refractivity contribution in [2.75, 3.05) is 7.11 Å². The van der Waals surface area contributed by atoms with Gasteiger partial charge in [-0.3, -0.25) is 19.0 Å². The number of nitrogens with zero attached hydrogens (tertiary/aromatic N) is 3. The lowest BCUT2D eigenvalue weighted by atomic mass is 9.66. The fourth-order valence-corrected chi connectivity index (χ4v) is 7.24. The molecule has 1 saturated heterocycles. The van der Waals surface area contributed by atoms with Crippen LogP contribution in [0.15, 0.2) is 59.8 Å². The van der Waals surface area contributed by atoms with Gasteiger partial charge in [-0.1, -0.05) is 48.0 Å². The Labute approximate surface area is 223 Å². The number of imide groups is 1. The first-order chi connectivity index (χ1) is 17.6. The first-order valence-corrected chi connectivity index (χ1v) is 13.8. The minimum absolute atomic E-state index is 0.0260. The van der Waals surface area contributed by atoms with Gasteiger partial charge in [0.15, 0.2) is 0 Å². The second kappa shape index (κ2) is 9.44. The van der Waals surface area contributed by atoms with Crippen LogP contribution in [-0.2, 0) is 36.8 Å². The average Bonchev–Trinajstić information content (AvgIpc) is 3.34. The van der Waals surface area contributed by atoms with E-state index < -0.39 is 34.3 Å². The van der Waals surface area contributed by atoms with Gasteiger partial charge in [-0.2, -0.15) is 10.0 Å². The van der Waals surface area contributed by atoms with Gasteiger partial charge in [-0.25, -0.2) is 0 Å². The number of carbonyl (C=O) groups is 2. The highest BCUT2D eigenvalue weighted by molar-refractivity contribution is 7.90. The molecule has 1 aliphatic carbocycles. The second-order valence-electron chi connectivity index (χ2n) is 9.73. The van der Waals surface area contributed by atoms with Crippen molar-refractivity contribution < 1.29 is 19.0 Å². The third-order valence-electron chi connectivity index (χ3n) is 7.28. The first kappa shape index (κ1) is 25.7. The van der Waals surface area contributed by atoms with Crippen molar-refractivity contribution in [3.63, 3.8) is 0 Å². The van der Waals surface area contributed by atoms with Crippen LogP contribution in [0.5, 0.6) is 0 Å². The van der Waals surface area contributed by atoms with Gasteiger partial charge in [0.1, 0.15) is 11.2 Å². The fourth-order valence-electron chi connectivity index (χ4n) is 5.63. The zero-order chi connectivity index (χ0) is 26.6. The molecular formula is C28H28ClN3O4S. The number of hydroxylamine groups is 2. The zero-order valence-electron chi connectivity index (χ0n) is 21.3. The Morgan fingerprint density at radius 1 is 1.19 bits per heavy atom.